The van der Waals surface area contributed by atoms with Crippen molar-refractivity contribution in [3.05, 3.63) is 29.8 Å². The summed E-state index contributed by atoms with van der Waals surface area (Å²) in [5, 5.41) is 10.7. The lowest BCUT2D eigenvalue weighted by Gasteiger charge is -2.13. The predicted molar refractivity (Wildman–Crippen MR) is 60.7 cm³/mol. The van der Waals surface area contributed by atoms with Gasteiger partial charge in [-0.3, -0.25) is 4.79 Å². The van der Waals surface area contributed by atoms with Gasteiger partial charge in [0, 0.05) is 12.7 Å². The highest BCUT2D eigenvalue weighted by Crippen LogP contribution is 2.30. The predicted octanol–water partition coefficient (Wildman–Crippen LogP) is 2.25. The first kappa shape index (κ1) is 14.8. The first-order valence-corrected chi connectivity index (χ1v) is 5.11. The van der Waals surface area contributed by atoms with E-state index in [1.165, 1.54) is 13.1 Å². The SMILES string of the molecule is CN(CC(=O)Nc1cccc(C(F)(F)F)c1)C(=O)O. The zero-order valence-corrected chi connectivity index (χ0v) is 9.86. The summed E-state index contributed by atoms with van der Waals surface area (Å²) in [6.45, 7) is -0.467. The van der Waals surface area contributed by atoms with E-state index in [4.69, 9.17) is 5.11 Å². The lowest BCUT2D eigenvalue weighted by Crippen LogP contribution is -2.33. The van der Waals surface area contributed by atoms with Crippen LogP contribution in [0.3, 0.4) is 0 Å². The zero-order chi connectivity index (χ0) is 14.6. The largest absolute Gasteiger partial charge is 0.465 e. The van der Waals surface area contributed by atoms with Gasteiger partial charge in [-0.15, -0.1) is 0 Å². The van der Waals surface area contributed by atoms with Gasteiger partial charge in [0.05, 0.1) is 5.56 Å². The Hall–Kier alpha value is -2.25. The number of amides is 2. The van der Waals surface area contributed by atoms with Crippen LogP contribution in [0.4, 0.5) is 23.7 Å². The van der Waals surface area contributed by atoms with Crippen LogP contribution in [0, 0.1) is 0 Å². The Morgan fingerprint density at radius 3 is 2.53 bits per heavy atom. The van der Waals surface area contributed by atoms with E-state index in [1.807, 2.05) is 0 Å². The maximum absolute atomic E-state index is 12.4. The zero-order valence-electron chi connectivity index (χ0n) is 9.86. The molecule has 8 heteroatoms. The maximum Gasteiger partial charge on any atom is 0.416 e. The number of likely N-dealkylation sites (N-methyl/N-ethyl adjacent to an activating group) is 1. The summed E-state index contributed by atoms with van der Waals surface area (Å²) in [5.74, 6) is -0.718. The van der Waals surface area contributed by atoms with Gasteiger partial charge >= 0.3 is 12.3 Å². The molecule has 0 aliphatic rings. The van der Waals surface area contributed by atoms with Crippen LogP contribution in [0.25, 0.3) is 0 Å². The van der Waals surface area contributed by atoms with Gasteiger partial charge < -0.3 is 15.3 Å². The molecule has 0 saturated heterocycles. The number of carboxylic acid groups (broad SMARTS) is 1. The number of benzene rings is 1. The number of nitrogens with one attached hydrogen (secondary N) is 1. The number of nitrogens with zero attached hydrogens (tertiary/aromatic N) is 1. The molecule has 0 aliphatic carbocycles. The van der Waals surface area contributed by atoms with Crippen molar-refractivity contribution in [3.63, 3.8) is 0 Å². The molecule has 0 heterocycles. The normalized spacial score (nSPS) is 10.9. The van der Waals surface area contributed by atoms with Gasteiger partial charge in [-0.05, 0) is 18.2 Å². The van der Waals surface area contributed by atoms with E-state index in [0.717, 1.165) is 18.2 Å². The third kappa shape index (κ3) is 4.49. The molecule has 0 atom stereocenters. The molecule has 104 valence electrons. The monoisotopic (exact) mass is 276 g/mol. The number of halogens is 3. The molecule has 2 N–H and O–H groups in total. The van der Waals surface area contributed by atoms with Crippen molar-refractivity contribution in [3.8, 4) is 0 Å². The second kappa shape index (κ2) is 5.59. The van der Waals surface area contributed by atoms with E-state index in [-0.39, 0.29) is 5.69 Å². The molecule has 0 aliphatic heterocycles. The van der Waals surface area contributed by atoms with Crippen LogP contribution in [0.5, 0.6) is 0 Å². The second-order valence-corrected chi connectivity index (χ2v) is 3.77. The maximum atomic E-state index is 12.4. The van der Waals surface area contributed by atoms with E-state index in [1.54, 1.807) is 0 Å². The summed E-state index contributed by atoms with van der Waals surface area (Å²) in [5.41, 5.74) is -0.935. The molecule has 0 aromatic heterocycles. The molecule has 1 rings (SSSR count). The molecule has 0 bridgehead atoms. The lowest BCUT2D eigenvalue weighted by atomic mass is 10.2. The molecule has 0 spiro atoms. The van der Waals surface area contributed by atoms with E-state index in [2.05, 4.69) is 5.32 Å². The Labute approximate surface area is 106 Å². The summed E-state index contributed by atoms with van der Waals surface area (Å²) in [4.78, 5) is 22.6. The fourth-order valence-electron chi connectivity index (χ4n) is 1.26. The molecule has 1 aromatic rings. The summed E-state index contributed by atoms with van der Waals surface area (Å²) in [6, 6.07) is 4.09. The van der Waals surface area contributed by atoms with Gasteiger partial charge in [-0.25, -0.2) is 4.79 Å². The summed E-state index contributed by atoms with van der Waals surface area (Å²) < 4.78 is 37.3. The van der Waals surface area contributed by atoms with Gasteiger partial charge in [0.1, 0.15) is 6.54 Å². The highest BCUT2D eigenvalue weighted by Gasteiger charge is 2.30. The Bertz CT molecular complexity index is 488. The van der Waals surface area contributed by atoms with Crippen LogP contribution in [0.2, 0.25) is 0 Å². The fourth-order valence-corrected chi connectivity index (χ4v) is 1.26. The molecular weight excluding hydrogens is 265 g/mol. The smallest absolute Gasteiger partial charge is 0.416 e. The number of alkyl halides is 3. The van der Waals surface area contributed by atoms with Crippen LogP contribution in [0.15, 0.2) is 24.3 Å². The molecule has 0 saturated carbocycles. The molecule has 0 unspecified atom stereocenters. The molecule has 2 amide bonds. The third-order valence-corrected chi connectivity index (χ3v) is 2.18. The summed E-state index contributed by atoms with van der Waals surface area (Å²) >= 11 is 0. The second-order valence-electron chi connectivity index (χ2n) is 3.77. The average molecular weight is 276 g/mol. The first-order valence-electron chi connectivity index (χ1n) is 5.11. The standard InChI is InChI=1S/C11H11F3N2O3/c1-16(10(18)19)6-9(17)15-8-4-2-3-7(5-8)11(12,13)14/h2-5H,6H2,1H3,(H,15,17)(H,18,19). The minimum atomic E-state index is -4.50. The van der Waals surface area contributed by atoms with Gasteiger partial charge in [0.2, 0.25) is 5.91 Å². The number of hydrogen-bond donors (Lipinski definition) is 2. The van der Waals surface area contributed by atoms with Crippen molar-refractivity contribution in [2.75, 3.05) is 18.9 Å². The quantitative estimate of drug-likeness (QED) is 0.889. The molecule has 5 nitrogen and oxygen atoms in total. The van der Waals surface area contributed by atoms with Crippen molar-refractivity contribution in [2.24, 2.45) is 0 Å². The van der Waals surface area contributed by atoms with Crippen molar-refractivity contribution in [1.82, 2.24) is 4.90 Å². The Morgan fingerprint density at radius 2 is 2.00 bits per heavy atom. The number of rotatable bonds is 3. The Kier molecular flexibility index (Phi) is 4.36. The van der Waals surface area contributed by atoms with Gasteiger partial charge in [-0.2, -0.15) is 13.2 Å². The minimum absolute atomic E-state index is 0.0430. The fraction of sp³-hybridized carbons (Fsp3) is 0.273. The first-order chi connectivity index (χ1) is 8.70. The van der Waals surface area contributed by atoms with Gasteiger partial charge in [0.25, 0.3) is 0 Å². The lowest BCUT2D eigenvalue weighted by molar-refractivity contribution is -0.137. The number of carbonyl (C=O) groups is 2. The molecule has 1 aromatic carbocycles. The van der Waals surface area contributed by atoms with Crippen molar-refractivity contribution in [2.45, 2.75) is 6.18 Å². The highest BCUT2D eigenvalue weighted by molar-refractivity contribution is 5.93. The number of carbonyl (C=O) groups excluding carboxylic acids is 1. The summed E-state index contributed by atoms with van der Waals surface area (Å²) in [6.07, 6.45) is -5.81. The Morgan fingerprint density at radius 1 is 1.37 bits per heavy atom. The van der Waals surface area contributed by atoms with Gasteiger partial charge in [-0.1, -0.05) is 6.07 Å². The summed E-state index contributed by atoms with van der Waals surface area (Å²) in [7, 11) is 1.17. The number of hydrogen-bond acceptors (Lipinski definition) is 2. The minimum Gasteiger partial charge on any atom is -0.465 e. The molecule has 19 heavy (non-hydrogen) atoms. The highest BCUT2D eigenvalue weighted by atomic mass is 19.4. The van der Waals surface area contributed by atoms with Crippen LogP contribution < -0.4 is 5.32 Å². The number of anilines is 1. The van der Waals surface area contributed by atoms with E-state index in [0.29, 0.717) is 4.90 Å². The van der Waals surface area contributed by atoms with Crippen LogP contribution in [-0.2, 0) is 11.0 Å². The molecule has 0 fully saturated rings. The third-order valence-electron chi connectivity index (χ3n) is 2.18. The van der Waals surface area contributed by atoms with Crippen molar-refractivity contribution < 1.29 is 27.9 Å². The van der Waals surface area contributed by atoms with E-state index in [9.17, 15) is 22.8 Å². The van der Waals surface area contributed by atoms with E-state index >= 15 is 0 Å². The average Bonchev–Trinajstić information content (AvgIpc) is 2.27. The van der Waals surface area contributed by atoms with Crippen molar-refractivity contribution >= 4 is 17.7 Å². The molecular formula is C11H11F3N2O3. The van der Waals surface area contributed by atoms with Crippen LogP contribution >= 0.6 is 0 Å². The van der Waals surface area contributed by atoms with E-state index < -0.39 is 30.3 Å². The topological polar surface area (TPSA) is 69.6 Å². The molecule has 0 radical (unpaired) electrons. The van der Waals surface area contributed by atoms with Gasteiger partial charge in [0.15, 0.2) is 0 Å². The van der Waals surface area contributed by atoms with Crippen molar-refractivity contribution in [1.29, 1.82) is 0 Å². The van der Waals surface area contributed by atoms with Crippen LogP contribution in [0.1, 0.15) is 5.56 Å². The Balaban J connectivity index is 2.73. The van der Waals surface area contributed by atoms with Crippen LogP contribution in [-0.4, -0.2) is 35.6 Å².